The van der Waals surface area contributed by atoms with Crippen LogP contribution in [0.4, 0.5) is 0 Å². The van der Waals surface area contributed by atoms with Crippen molar-refractivity contribution in [3.63, 3.8) is 0 Å². The van der Waals surface area contributed by atoms with Crippen LogP contribution in [0.5, 0.6) is 0 Å². The molecule has 1 heterocycles. The highest BCUT2D eigenvalue weighted by molar-refractivity contribution is 7.89. The Kier molecular flexibility index (Phi) is 2.53. The van der Waals surface area contributed by atoms with Crippen molar-refractivity contribution in [1.82, 2.24) is 9.78 Å². The summed E-state index contributed by atoms with van der Waals surface area (Å²) >= 11 is 0. The zero-order valence-corrected chi connectivity index (χ0v) is 9.48. The molecule has 16 heavy (non-hydrogen) atoms. The number of benzene rings is 1. The lowest BCUT2D eigenvalue weighted by Gasteiger charge is -2.02. The molecule has 6 heteroatoms. The van der Waals surface area contributed by atoms with Gasteiger partial charge in [0.2, 0.25) is 10.0 Å². The molecule has 2 rings (SSSR count). The van der Waals surface area contributed by atoms with Crippen molar-refractivity contribution in [3.05, 3.63) is 42.2 Å². The Morgan fingerprint density at radius 1 is 1.19 bits per heavy atom. The Hall–Kier alpha value is -1.66. The summed E-state index contributed by atoms with van der Waals surface area (Å²) in [5.74, 6) is 0. The zero-order valence-electron chi connectivity index (χ0n) is 8.66. The summed E-state index contributed by atoms with van der Waals surface area (Å²) < 4.78 is 23.7. The van der Waals surface area contributed by atoms with E-state index in [4.69, 9.17) is 5.14 Å². The van der Waals surface area contributed by atoms with Gasteiger partial charge in [0.25, 0.3) is 0 Å². The Morgan fingerprint density at radius 3 is 2.25 bits per heavy atom. The first-order chi connectivity index (χ1) is 7.47. The Balaban J connectivity index is 2.40. The molecule has 0 aliphatic carbocycles. The van der Waals surface area contributed by atoms with Gasteiger partial charge in [-0.15, -0.1) is 0 Å². The van der Waals surface area contributed by atoms with Crippen molar-refractivity contribution in [2.45, 2.75) is 11.8 Å². The highest BCUT2D eigenvalue weighted by atomic mass is 32.2. The fraction of sp³-hybridized carbons (Fsp3) is 0.100. The van der Waals surface area contributed by atoms with Gasteiger partial charge < -0.3 is 0 Å². The van der Waals surface area contributed by atoms with Gasteiger partial charge in [-0.3, -0.25) is 0 Å². The predicted octanol–water partition coefficient (Wildman–Crippen LogP) is 0.828. The number of sulfonamides is 1. The van der Waals surface area contributed by atoms with E-state index in [1.165, 1.54) is 12.1 Å². The van der Waals surface area contributed by atoms with Crippen molar-refractivity contribution in [1.29, 1.82) is 0 Å². The molecule has 0 bridgehead atoms. The molecule has 0 saturated heterocycles. The standard InChI is InChI=1S/C10H11N3O2S/c1-8-6-7-13(12-8)9-2-4-10(5-3-9)16(11,14)15/h2-7H,1H3,(H2,11,14,15). The minimum Gasteiger partial charge on any atom is -0.241 e. The predicted molar refractivity (Wildman–Crippen MR) is 59.7 cm³/mol. The molecule has 0 spiro atoms. The van der Waals surface area contributed by atoms with E-state index in [2.05, 4.69) is 5.10 Å². The zero-order chi connectivity index (χ0) is 11.8. The third kappa shape index (κ3) is 2.12. The fourth-order valence-corrected chi connectivity index (χ4v) is 1.86. The van der Waals surface area contributed by atoms with Crippen LogP contribution >= 0.6 is 0 Å². The molecule has 84 valence electrons. The molecule has 2 aromatic rings. The summed E-state index contributed by atoms with van der Waals surface area (Å²) in [6.07, 6.45) is 1.81. The summed E-state index contributed by atoms with van der Waals surface area (Å²) in [4.78, 5) is 0.0973. The number of hydrogen-bond acceptors (Lipinski definition) is 3. The summed E-state index contributed by atoms with van der Waals surface area (Å²) in [6, 6.07) is 8.11. The smallest absolute Gasteiger partial charge is 0.238 e. The SMILES string of the molecule is Cc1ccn(-c2ccc(S(N)(=O)=O)cc2)n1. The van der Waals surface area contributed by atoms with Crippen LogP contribution in [0.1, 0.15) is 5.69 Å². The van der Waals surface area contributed by atoms with Crippen molar-refractivity contribution < 1.29 is 8.42 Å². The third-order valence-corrected chi connectivity index (χ3v) is 3.08. The van der Waals surface area contributed by atoms with E-state index in [1.54, 1.807) is 23.0 Å². The van der Waals surface area contributed by atoms with Gasteiger partial charge in [-0.05, 0) is 37.3 Å². The first-order valence-corrected chi connectivity index (χ1v) is 6.17. The van der Waals surface area contributed by atoms with Crippen LogP contribution in [0.2, 0.25) is 0 Å². The topological polar surface area (TPSA) is 78.0 Å². The minimum atomic E-state index is -3.63. The molecule has 0 aliphatic rings. The minimum absolute atomic E-state index is 0.0973. The molecule has 0 aliphatic heterocycles. The maximum Gasteiger partial charge on any atom is 0.238 e. The Labute approximate surface area is 93.6 Å². The molecule has 1 aromatic heterocycles. The average Bonchev–Trinajstić information content (AvgIpc) is 2.64. The van der Waals surface area contributed by atoms with E-state index in [0.717, 1.165) is 11.4 Å². The number of aryl methyl sites for hydroxylation is 1. The van der Waals surface area contributed by atoms with Gasteiger partial charge in [0.1, 0.15) is 0 Å². The molecule has 1 aromatic carbocycles. The average molecular weight is 237 g/mol. The first-order valence-electron chi connectivity index (χ1n) is 4.62. The lowest BCUT2D eigenvalue weighted by molar-refractivity contribution is 0.598. The maximum absolute atomic E-state index is 11.0. The van der Waals surface area contributed by atoms with Crippen LogP contribution in [0.3, 0.4) is 0 Å². The van der Waals surface area contributed by atoms with Crippen LogP contribution in [0, 0.1) is 6.92 Å². The number of nitrogens with zero attached hydrogens (tertiary/aromatic N) is 2. The molecular formula is C10H11N3O2S. The van der Waals surface area contributed by atoms with E-state index in [-0.39, 0.29) is 4.90 Å². The normalized spacial score (nSPS) is 11.6. The van der Waals surface area contributed by atoms with E-state index in [0.29, 0.717) is 0 Å². The molecule has 2 N–H and O–H groups in total. The van der Waals surface area contributed by atoms with Crippen LogP contribution in [-0.4, -0.2) is 18.2 Å². The second kappa shape index (κ2) is 3.73. The van der Waals surface area contributed by atoms with Gasteiger partial charge in [-0.2, -0.15) is 5.10 Å². The van der Waals surface area contributed by atoms with Gasteiger partial charge >= 0.3 is 0 Å². The Bertz CT molecular complexity index is 599. The van der Waals surface area contributed by atoms with Gasteiger partial charge in [0, 0.05) is 6.20 Å². The summed E-state index contributed by atoms with van der Waals surface area (Å²) in [6.45, 7) is 1.88. The Morgan fingerprint density at radius 2 is 1.81 bits per heavy atom. The van der Waals surface area contributed by atoms with Crippen molar-refractivity contribution >= 4 is 10.0 Å². The monoisotopic (exact) mass is 237 g/mol. The molecule has 0 fully saturated rings. The highest BCUT2D eigenvalue weighted by Crippen LogP contribution is 2.12. The maximum atomic E-state index is 11.0. The molecule has 0 atom stereocenters. The largest absolute Gasteiger partial charge is 0.241 e. The summed E-state index contributed by atoms with van der Waals surface area (Å²) in [5, 5.41) is 9.21. The van der Waals surface area contributed by atoms with Crippen molar-refractivity contribution in [2.24, 2.45) is 5.14 Å². The number of rotatable bonds is 2. The number of hydrogen-bond donors (Lipinski definition) is 1. The molecule has 0 unspecified atom stereocenters. The third-order valence-electron chi connectivity index (χ3n) is 2.15. The van der Waals surface area contributed by atoms with Crippen LogP contribution in [0.15, 0.2) is 41.4 Å². The number of nitrogens with two attached hydrogens (primary N) is 1. The summed E-state index contributed by atoms with van der Waals surface area (Å²) in [7, 11) is -3.63. The highest BCUT2D eigenvalue weighted by Gasteiger charge is 2.07. The van der Waals surface area contributed by atoms with E-state index in [9.17, 15) is 8.42 Å². The molecule has 0 radical (unpaired) electrons. The quantitative estimate of drug-likeness (QED) is 0.840. The second-order valence-electron chi connectivity index (χ2n) is 3.44. The molecular weight excluding hydrogens is 226 g/mol. The molecule has 0 amide bonds. The molecule has 5 nitrogen and oxygen atoms in total. The molecule has 0 saturated carbocycles. The van der Waals surface area contributed by atoms with E-state index in [1.807, 2.05) is 13.0 Å². The number of aromatic nitrogens is 2. The van der Waals surface area contributed by atoms with Crippen LogP contribution in [0.25, 0.3) is 5.69 Å². The van der Waals surface area contributed by atoms with Crippen molar-refractivity contribution in [3.8, 4) is 5.69 Å². The lowest BCUT2D eigenvalue weighted by atomic mass is 10.3. The van der Waals surface area contributed by atoms with Crippen molar-refractivity contribution in [2.75, 3.05) is 0 Å². The second-order valence-corrected chi connectivity index (χ2v) is 5.00. The number of primary sulfonamides is 1. The van der Waals surface area contributed by atoms with Gasteiger partial charge in [0.05, 0.1) is 16.3 Å². The van der Waals surface area contributed by atoms with E-state index >= 15 is 0 Å². The van der Waals surface area contributed by atoms with E-state index < -0.39 is 10.0 Å². The van der Waals surface area contributed by atoms with Gasteiger partial charge in [-0.1, -0.05) is 0 Å². The van der Waals surface area contributed by atoms with Crippen LogP contribution < -0.4 is 5.14 Å². The van der Waals surface area contributed by atoms with Crippen LogP contribution in [-0.2, 0) is 10.0 Å². The summed E-state index contributed by atoms with van der Waals surface area (Å²) in [5.41, 5.74) is 1.69. The van der Waals surface area contributed by atoms with Gasteiger partial charge in [-0.25, -0.2) is 18.2 Å². The lowest BCUT2D eigenvalue weighted by Crippen LogP contribution is -2.12. The fourth-order valence-electron chi connectivity index (χ4n) is 1.35. The first kappa shape index (κ1) is 10.8. The van der Waals surface area contributed by atoms with Gasteiger partial charge in [0.15, 0.2) is 0 Å².